The van der Waals surface area contributed by atoms with Crippen molar-refractivity contribution in [3.8, 4) is 0 Å². The van der Waals surface area contributed by atoms with Crippen molar-refractivity contribution in [2.45, 2.75) is 26.1 Å². The average Bonchev–Trinajstić information content (AvgIpc) is 2.44. The maximum absolute atomic E-state index is 12.1. The van der Waals surface area contributed by atoms with E-state index in [4.69, 9.17) is 0 Å². The Morgan fingerprint density at radius 2 is 2.06 bits per heavy atom. The lowest BCUT2D eigenvalue weighted by Crippen LogP contribution is -2.30. The zero-order valence-corrected chi connectivity index (χ0v) is 9.98. The molecule has 1 aromatic heterocycles. The van der Waals surface area contributed by atoms with Gasteiger partial charge in [0.15, 0.2) is 5.13 Å². The molecular weight excluding hydrogens is 241 g/mol. The molecule has 1 rings (SSSR count). The van der Waals surface area contributed by atoms with Crippen molar-refractivity contribution >= 4 is 16.5 Å². The second kappa shape index (κ2) is 4.58. The maximum atomic E-state index is 12.1. The molecule has 1 N–H and O–H groups in total. The predicted octanol–water partition coefficient (Wildman–Crippen LogP) is 2.50. The van der Waals surface area contributed by atoms with Crippen molar-refractivity contribution in [1.82, 2.24) is 4.98 Å². The molecule has 0 aliphatic rings. The van der Waals surface area contributed by atoms with E-state index >= 15 is 0 Å². The van der Waals surface area contributed by atoms with Crippen LogP contribution in [0.2, 0.25) is 0 Å². The monoisotopic (exact) mass is 254 g/mol. The van der Waals surface area contributed by atoms with Gasteiger partial charge >= 0.3 is 6.18 Å². The predicted molar refractivity (Wildman–Crippen MR) is 56.8 cm³/mol. The van der Waals surface area contributed by atoms with Crippen molar-refractivity contribution in [3.63, 3.8) is 0 Å². The van der Waals surface area contributed by atoms with Crippen molar-refractivity contribution < 1.29 is 18.3 Å². The van der Waals surface area contributed by atoms with Crippen LogP contribution in [0.25, 0.3) is 0 Å². The van der Waals surface area contributed by atoms with Crippen LogP contribution in [0.15, 0.2) is 0 Å². The van der Waals surface area contributed by atoms with Gasteiger partial charge in [0.1, 0.15) is 6.54 Å². The van der Waals surface area contributed by atoms with E-state index in [-0.39, 0.29) is 5.13 Å². The van der Waals surface area contributed by atoms with Crippen LogP contribution in [0.1, 0.15) is 23.6 Å². The Bertz CT molecular complexity index is 362. The van der Waals surface area contributed by atoms with E-state index in [1.165, 1.54) is 7.05 Å². The summed E-state index contributed by atoms with van der Waals surface area (Å²) in [6.45, 7) is 2.19. The minimum atomic E-state index is -4.25. The van der Waals surface area contributed by atoms with Crippen molar-refractivity contribution in [2.75, 3.05) is 18.5 Å². The molecule has 1 atom stereocenters. The van der Waals surface area contributed by atoms with Gasteiger partial charge in [-0.3, -0.25) is 0 Å². The minimum absolute atomic E-state index is 0.269. The number of rotatable bonds is 3. The topological polar surface area (TPSA) is 36.4 Å². The zero-order valence-electron chi connectivity index (χ0n) is 9.17. The van der Waals surface area contributed by atoms with Gasteiger partial charge in [0.2, 0.25) is 0 Å². The van der Waals surface area contributed by atoms with Gasteiger partial charge in [0, 0.05) is 7.05 Å². The molecule has 92 valence electrons. The summed E-state index contributed by atoms with van der Waals surface area (Å²) >= 11 is 1.08. The first-order valence-electron chi connectivity index (χ1n) is 4.64. The van der Waals surface area contributed by atoms with E-state index in [0.29, 0.717) is 10.6 Å². The molecule has 0 aliphatic carbocycles. The number of hydrogen-bond acceptors (Lipinski definition) is 4. The third-order valence-electron chi connectivity index (χ3n) is 1.94. The molecule has 1 unspecified atom stereocenters. The average molecular weight is 254 g/mol. The van der Waals surface area contributed by atoms with Gasteiger partial charge in [-0.2, -0.15) is 13.2 Å². The molecule has 1 heterocycles. The van der Waals surface area contributed by atoms with E-state index in [1.807, 2.05) is 0 Å². The molecule has 0 amide bonds. The fourth-order valence-electron chi connectivity index (χ4n) is 1.28. The van der Waals surface area contributed by atoms with Gasteiger partial charge in [-0.05, 0) is 13.8 Å². The molecule has 0 aliphatic heterocycles. The molecule has 7 heteroatoms. The second-order valence-corrected chi connectivity index (χ2v) is 4.60. The summed E-state index contributed by atoms with van der Waals surface area (Å²) in [7, 11) is 1.33. The van der Waals surface area contributed by atoms with Crippen LogP contribution < -0.4 is 4.90 Å². The maximum Gasteiger partial charge on any atom is 0.405 e. The molecule has 0 saturated heterocycles. The van der Waals surface area contributed by atoms with Gasteiger partial charge in [0.25, 0.3) is 0 Å². The highest BCUT2D eigenvalue weighted by atomic mass is 32.1. The quantitative estimate of drug-likeness (QED) is 0.900. The lowest BCUT2D eigenvalue weighted by Gasteiger charge is -2.17. The Labute approximate surface area is 95.5 Å². The molecule has 1 aromatic rings. The largest absolute Gasteiger partial charge is 0.405 e. The number of aryl methyl sites for hydroxylation is 1. The summed E-state index contributed by atoms with van der Waals surface area (Å²) in [6, 6.07) is 0. The third kappa shape index (κ3) is 3.34. The molecule has 0 radical (unpaired) electrons. The lowest BCUT2D eigenvalue weighted by molar-refractivity contribution is -0.119. The highest BCUT2D eigenvalue weighted by Gasteiger charge is 2.30. The Morgan fingerprint density at radius 3 is 2.44 bits per heavy atom. The lowest BCUT2D eigenvalue weighted by atomic mass is 10.3. The molecule has 0 spiro atoms. The first-order valence-corrected chi connectivity index (χ1v) is 5.45. The normalized spacial score (nSPS) is 13.9. The molecule has 0 bridgehead atoms. The number of halogens is 3. The number of anilines is 1. The minimum Gasteiger partial charge on any atom is -0.388 e. The summed E-state index contributed by atoms with van der Waals surface area (Å²) in [5, 5.41) is 9.63. The summed E-state index contributed by atoms with van der Waals surface area (Å²) in [4.78, 5) is 5.63. The van der Waals surface area contributed by atoms with E-state index in [1.54, 1.807) is 13.8 Å². The fraction of sp³-hybridized carbons (Fsp3) is 0.667. The number of hydrogen-bond donors (Lipinski definition) is 1. The standard InChI is InChI=1S/C9H13F3N2OS/c1-5-7(6(2)15)16-8(13-5)14(3)4-9(10,11)12/h6,15H,4H2,1-3H3. The van der Waals surface area contributed by atoms with Gasteiger partial charge in [-0.1, -0.05) is 11.3 Å². The summed E-state index contributed by atoms with van der Waals surface area (Å²) < 4.78 is 36.4. The van der Waals surface area contributed by atoms with E-state index in [2.05, 4.69) is 4.98 Å². The highest BCUT2D eigenvalue weighted by Crippen LogP contribution is 2.31. The van der Waals surface area contributed by atoms with Crippen LogP contribution in [0.4, 0.5) is 18.3 Å². The summed E-state index contributed by atoms with van der Waals surface area (Å²) in [5.74, 6) is 0. The van der Waals surface area contributed by atoms with Crippen LogP contribution in [0.3, 0.4) is 0 Å². The van der Waals surface area contributed by atoms with Crippen LogP contribution in [0, 0.1) is 6.92 Å². The van der Waals surface area contributed by atoms with Gasteiger partial charge in [0.05, 0.1) is 16.7 Å². The summed E-state index contributed by atoms with van der Waals surface area (Å²) in [6.07, 6.45) is -4.95. The van der Waals surface area contributed by atoms with Crippen LogP contribution in [0.5, 0.6) is 0 Å². The molecule has 0 saturated carbocycles. The number of alkyl halides is 3. The molecular formula is C9H13F3N2OS. The number of aliphatic hydroxyl groups excluding tert-OH is 1. The Morgan fingerprint density at radius 1 is 1.50 bits per heavy atom. The van der Waals surface area contributed by atoms with Crippen molar-refractivity contribution in [1.29, 1.82) is 0 Å². The van der Waals surface area contributed by atoms with E-state index in [9.17, 15) is 18.3 Å². The fourth-order valence-corrected chi connectivity index (χ4v) is 2.24. The molecule has 3 nitrogen and oxygen atoms in total. The molecule has 16 heavy (non-hydrogen) atoms. The van der Waals surface area contributed by atoms with E-state index < -0.39 is 18.8 Å². The van der Waals surface area contributed by atoms with E-state index in [0.717, 1.165) is 16.2 Å². The number of thiazole rings is 1. The van der Waals surface area contributed by atoms with Gasteiger partial charge in [-0.15, -0.1) is 0 Å². The van der Waals surface area contributed by atoms with Crippen LogP contribution in [-0.4, -0.2) is 29.9 Å². The number of aliphatic hydroxyl groups is 1. The zero-order chi connectivity index (χ0) is 12.5. The Kier molecular flexibility index (Phi) is 3.80. The van der Waals surface area contributed by atoms with Crippen molar-refractivity contribution in [3.05, 3.63) is 10.6 Å². The Hall–Kier alpha value is -0.820. The van der Waals surface area contributed by atoms with Crippen LogP contribution in [-0.2, 0) is 0 Å². The van der Waals surface area contributed by atoms with Crippen molar-refractivity contribution in [2.24, 2.45) is 0 Å². The smallest absolute Gasteiger partial charge is 0.388 e. The molecule has 0 fully saturated rings. The first-order chi connectivity index (χ1) is 7.20. The number of nitrogens with zero attached hydrogens (tertiary/aromatic N) is 2. The Balaban J connectivity index is 2.85. The van der Waals surface area contributed by atoms with Crippen LogP contribution >= 0.6 is 11.3 Å². The summed E-state index contributed by atoms with van der Waals surface area (Å²) in [5.41, 5.74) is 0.573. The van der Waals surface area contributed by atoms with Gasteiger partial charge < -0.3 is 10.0 Å². The SMILES string of the molecule is Cc1nc(N(C)CC(F)(F)F)sc1C(C)O. The van der Waals surface area contributed by atoms with Gasteiger partial charge in [-0.25, -0.2) is 4.98 Å². The number of aromatic nitrogens is 1. The molecule has 0 aromatic carbocycles. The first kappa shape index (κ1) is 13.2. The second-order valence-electron chi connectivity index (χ2n) is 3.59. The third-order valence-corrected chi connectivity index (χ3v) is 3.39. The highest BCUT2D eigenvalue weighted by molar-refractivity contribution is 7.15.